The second kappa shape index (κ2) is 16.0. The van der Waals surface area contributed by atoms with Crippen molar-refractivity contribution in [3.63, 3.8) is 0 Å². The molecule has 0 bridgehead atoms. The number of aryl methyl sites for hydroxylation is 2. The van der Waals surface area contributed by atoms with Gasteiger partial charge in [-0.2, -0.15) is 5.10 Å². The van der Waals surface area contributed by atoms with Gasteiger partial charge in [-0.1, -0.05) is 18.2 Å². The highest BCUT2D eigenvalue weighted by atomic mass is 127. The molecule has 0 saturated heterocycles. The van der Waals surface area contributed by atoms with E-state index in [4.69, 9.17) is 9.73 Å². The van der Waals surface area contributed by atoms with Gasteiger partial charge in [0.25, 0.3) is 0 Å². The number of rotatable bonds is 13. The minimum atomic E-state index is 0. The van der Waals surface area contributed by atoms with Gasteiger partial charge < -0.3 is 20.3 Å². The number of hydrogen-bond acceptors (Lipinski definition) is 4. The van der Waals surface area contributed by atoms with Gasteiger partial charge in [0, 0.05) is 52.6 Å². The molecule has 0 fully saturated rings. The van der Waals surface area contributed by atoms with Crippen molar-refractivity contribution in [2.24, 2.45) is 4.99 Å². The molecule has 2 aromatic rings. The highest BCUT2D eigenvalue weighted by Gasteiger charge is 2.06. The fourth-order valence-electron chi connectivity index (χ4n) is 3.21. The Labute approximate surface area is 204 Å². The lowest BCUT2D eigenvalue weighted by Crippen LogP contribution is -2.41. The van der Waals surface area contributed by atoms with Crippen molar-refractivity contribution in [2.45, 2.75) is 33.1 Å². The van der Waals surface area contributed by atoms with Crippen LogP contribution in [0.15, 0.2) is 41.5 Å². The summed E-state index contributed by atoms with van der Waals surface area (Å²) in [5.74, 6) is 0.888. The Kier molecular flexibility index (Phi) is 14.2. The summed E-state index contributed by atoms with van der Waals surface area (Å²) in [4.78, 5) is 7.03. The molecule has 0 saturated carbocycles. The number of aromatic nitrogens is 2. The average molecular weight is 543 g/mol. The number of hydrogen-bond donors (Lipinski definition) is 2. The molecule has 0 amide bonds. The van der Waals surface area contributed by atoms with Gasteiger partial charge in [0.1, 0.15) is 0 Å². The smallest absolute Gasteiger partial charge is 0.191 e. The maximum Gasteiger partial charge on any atom is 0.191 e. The van der Waals surface area contributed by atoms with Crippen LogP contribution in [-0.2, 0) is 11.2 Å². The van der Waals surface area contributed by atoms with Crippen LogP contribution in [0.5, 0.6) is 0 Å². The molecule has 31 heavy (non-hydrogen) atoms. The number of likely N-dealkylation sites (N-methyl/N-ethyl adjacent to an activating group) is 1. The maximum atomic E-state index is 5.11. The monoisotopic (exact) mass is 542 g/mol. The Morgan fingerprint density at radius 1 is 1.16 bits per heavy atom. The molecule has 0 unspecified atom stereocenters. The van der Waals surface area contributed by atoms with Crippen LogP contribution in [0, 0.1) is 6.92 Å². The maximum absolute atomic E-state index is 5.11. The van der Waals surface area contributed by atoms with E-state index in [0.717, 1.165) is 75.9 Å². The number of halogens is 1. The molecule has 1 heterocycles. The van der Waals surface area contributed by atoms with E-state index >= 15 is 0 Å². The lowest BCUT2D eigenvalue weighted by atomic mass is 10.1. The van der Waals surface area contributed by atoms with E-state index in [2.05, 4.69) is 59.9 Å². The van der Waals surface area contributed by atoms with Crippen LogP contribution in [0.4, 0.5) is 0 Å². The van der Waals surface area contributed by atoms with E-state index < -0.39 is 0 Å². The molecule has 0 spiro atoms. The second-order valence-corrected chi connectivity index (χ2v) is 7.46. The predicted octanol–water partition coefficient (Wildman–Crippen LogP) is 3.25. The lowest BCUT2D eigenvalue weighted by Gasteiger charge is -2.18. The molecule has 0 radical (unpaired) electrons. The third-order valence-corrected chi connectivity index (χ3v) is 4.91. The van der Waals surface area contributed by atoms with Crippen LogP contribution in [0.2, 0.25) is 0 Å². The SMILES string of the molecule is CCNC(=NCCCc1cn(-c2ccccc2)nc1C)NCCN(C)CCCOC.I. The first-order chi connectivity index (χ1) is 14.6. The molecule has 0 aliphatic rings. The van der Waals surface area contributed by atoms with Gasteiger partial charge in [-0.15, -0.1) is 24.0 Å². The number of guanidine groups is 1. The number of nitrogens with zero attached hydrogens (tertiary/aromatic N) is 4. The number of benzene rings is 1. The topological polar surface area (TPSA) is 66.7 Å². The van der Waals surface area contributed by atoms with Crippen molar-refractivity contribution in [2.75, 3.05) is 53.5 Å². The summed E-state index contributed by atoms with van der Waals surface area (Å²) < 4.78 is 7.07. The molecular weight excluding hydrogens is 503 g/mol. The summed E-state index contributed by atoms with van der Waals surface area (Å²) in [6.07, 6.45) is 5.16. The number of ether oxygens (including phenoxy) is 1. The van der Waals surface area contributed by atoms with E-state index in [-0.39, 0.29) is 24.0 Å². The molecule has 0 atom stereocenters. The highest BCUT2D eigenvalue weighted by Crippen LogP contribution is 2.13. The van der Waals surface area contributed by atoms with Gasteiger partial charge in [0.2, 0.25) is 0 Å². The second-order valence-electron chi connectivity index (χ2n) is 7.46. The van der Waals surface area contributed by atoms with Gasteiger partial charge in [-0.3, -0.25) is 4.99 Å². The number of aliphatic imine (C=N–C) groups is 1. The van der Waals surface area contributed by atoms with Gasteiger partial charge in [0.05, 0.1) is 11.4 Å². The van der Waals surface area contributed by atoms with Crippen LogP contribution in [0.25, 0.3) is 5.69 Å². The molecule has 2 N–H and O–H groups in total. The quantitative estimate of drug-likeness (QED) is 0.176. The first-order valence-electron chi connectivity index (χ1n) is 10.9. The summed E-state index contributed by atoms with van der Waals surface area (Å²) in [5, 5.41) is 11.4. The zero-order chi connectivity index (χ0) is 21.6. The molecular formula is C23H39IN6O. The normalized spacial score (nSPS) is 11.5. The lowest BCUT2D eigenvalue weighted by molar-refractivity contribution is 0.180. The minimum Gasteiger partial charge on any atom is -0.385 e. The number of methoxy groups -OCH3 is 1. The number of para-hydroxylation sites is 1. The van der Waals surface area contributed by atoms with Crippen molar-refractivity contribution in [1.82, 2.24) is 25.3 Å². The highest BCUT2D eigenvalue weighted by molar-refractivity contribution is 14.0. The molecule has 174 valence electrons. The third kappa shape index (κ3) is 10.5. The van der Waals surface area contributed by atoms with Crippen molar-refractivity contribution >= 4 is 29.9 Å². The summed E-state index contributed by atoms with van der Waals surface area (Å²) in [5.41, 5.74) is 3.46. The van der Waals surface area contributed by atoms with Crippen molar-refractivity contribution in [3.8, 4) is 5.69 Å². The summed E-state index contributed by atoms with van der Waals surface area (Å²) in [6, 6.07) is 10.2. The molecule has 7 nitrogen and oxygen atoms in total. The predicted molar refractivity (Wildman–Crippen MR) is 140 cm³/mol. The van der Waals surface area contributed by atoms with E-state index in [1.54, 1.807) is 7.11 Å². The van der Waals surface area contributed by atoms with Crippen LogP contribution >= 0.6 is 24.0 Å². The van der Waals surface area contributed by atoms with Crippen molar-refractivity contribution < 1.29 is 4.74 Å². The standard InChI is InChI=1S/C23H38N6O.HI/c1-5-24-23(26-15-17-28(3)16-10-18-30-4)25-14-9-11-21-19-29(27-20(21)2)22-12-7-6-8-13-22;/h6-8,12-13,19H,5,9-11,14-18H2,1-4H3,(H2,24,25,26);1H. The number of nitrogens with one attached hydrogen (secondary N) is 2. The van der Waals surface area contributed by atoms with Crippen LogP contribution in [-0.4, -0.2) is 74.1 Å². The Morgan fingerprint density at radius 2 is 1.94 bits per heavy atom. The van der Waals surface area contributed by atoms with E-state index in [0.29, 0.717) is 0 Å². The minimum absolute atomic E-state index is 0. The Balaban J connectivity index is 0.00000480. The van der Waals surface area contributed by atoms with Gasteiger partial charge in [0.15, 0.2) is 5.96 Å². The summed E-state index contributed by atoms with van der Waals surface area (Å²) in [6.45, 7) is 9.52. The van der Waals surface area contributed by atoms with E-state index in [9.17, 15) is 0 Å². The molecule has 0 aliphatic heterocycles. The largest absolute Gasteiger partial charge is 0.385 e. The molecule has 1 aromatic carbocycles. The molecule has 0 aliphatic carbocycles. The first kappa shape index (κ1) is 27.4. The molecule has 8 heteroatoms. The van der Waals surface area contributed by atoms with E-state index in [1.165, 1.54) is 5.56 Å². The molecule has 1 aromatic heterocycles. The van der Waals surface area contributed by atoms with Crippen LogP contribution < -0.4 is 10.6 Å². The Morgan fingerprint density at radius 3 is 2.65 bits per heavy atom. The zero-order valence-electron chi connectivity index (χ0n) is 19.4. The summed E-state index contributed by atoms with van der Waals surface area (Å²) in [7, 11) is 3.89. The average Bonchev–Trinajstić information content (AvgIpc) is 3.12. The first-order valence-corrected chi connectivity index (χ1v) is 10.9. The van der Waals surface area contributed by atoms with Crippen LogP contribution in [0.1, 0.15) is 31.0 Å². The van der Waals surface area contributed by atoms with Crippen LogP contribution in [0.3, 0.4) is 0 Å². The third-order valence-electron chi connectivity index (χ3n) is 4.91. The van der Waals surface area contributed by atoms with Crippen molar-refractivity contribution in [3.05, 3.63) is 47.8 Å². The fourth-order valence-corrected chi connectivity index (χ4v) is 3.21. The van der Waals surface area contributed by atoms with Crippen molar-refractivity contribution in [1.29, 1.82) is 0 Å². The van der Waals surface area contributed by atoms with Gasteiger partial charge in [-0.25, -0.2) is 4.68 Å². The van der Waals surface area contributed by atoms with Gasteiger partial charge >= 0.3 is 0 Å². The fraction of sp³-hybridized carbons (Fsp3) is 0.565. The van der Waals surface area contributed by atoms with Gasteiger partial charge in [-0.05, 0) is 57.9 Å². The zero-order valence-corrected chi connectivity index (χ0v) is 21.8. The summed E-state index contributed by atoms with van der Waals surface area (Å²) >= 11 is 0. The Bertz CT molecular complexity index is 750. The molecule has 2 rings (SSSR count). The van der Waals surface area contributed by atoms with E-state index in [1.807, 2.05) is 22.9 Å². The Hall–Kier alpha value is -1.65.